The van der Waals surface area contributed by atoms with Gasteiger partial charge in [-0.15, -0.1) is 5.10 Å². The number of rotatable bonds is 2. The summed E-state index contributed by atoms with van der Waals surface area (Å²) in [6.45, 7) is 8.43. The summed E-state index contributed by atoms with van der Waals surface area (Å²) in [5, 5.41) is 11.6. The summed E-state index contributed by atoms with van der Waals surface area (Å²) in [7, 11) is 0. The normalized spacial score (nSPS) is 12.0. The van der Waals surface area contributed by atoms with Gasteiger partial charge in [-0.3, -0.25) is 0 Å². The van der Waals surface area contributed by atoms with Crippen LogP contribution in [-0.4, -0.2) is 20.2 Å². The van der Waals surface area contributed by atoms with Crippen LogP contribution in [0.4, 0.5) is 0 Å². The first-order valence-electron chi connectivity index (χ1n) is 4.33. The molecular weight excluding hydrogens is 152 g/mol. The van der Waals surface area contributed by atoms with E-state index in [1.54, 1.807) is 0 Å². The standard InChI is InChI=1S/C8H16N4/c1-5-6-7-9-10-11-12(7)8(2,3)4/h5-6H2,1-4H3. The smallest absolute Gasteiger partial charge is 0.151 e. The van der Waals surface area contributed by atoms with Crippen molar-refractivity contribution in [2.45, 2.75) is 46.1 Å². The highest BCUT2D eigenvalue weighted by molar-refractivity contribution is 4.86. The topological polar surface area (TPSA) is 43.6 Å². The van der Waals surface area contributed by atoms with Crippen LogP contribution in [0.3, 0.4) is 0 Å². The van der Waals surface area contributed by atoms with Crippen LogP contribution in [0.15, 0.2) is 0 Å². The second kappa shape index (κ2) is 3.21. The second-order valence-corrected chi connectivity index (χ2v) is 3.93. The highest BCUT2D eigenvalue weighted by atomic mass is 15.6. The SMILES string of the molecule is CCCc1nnnn1C(C)(C)C. The molecule has 4 heteroatoms. The van der Waals surface area contributed by atoms with Crippen LogP contribution in [-0.2, 0) is 12.0 Å². The van der Waals surface area contributed by atoms with E-state index in [4.69, 9.17) is 0 Å². The van der Waals surface area contributed by atoms with Crippen molar-refractivity contribution in [3.8, 4) is 0 Å². The zero-order valence-corrected chi connectivity index (χ0v) is 8.20. The molecule has 0 unspecified atom stereocenters. The molecule has 0 saturated heterocycles. The van der Waals surface area contributed by atoms with Gasteiger partial charge in [0.15, 0.2) is 5.82 Å². The van der Waals surface area contributed by atoms with Gasteiger partial charge in [-0.1, -0.05) is 6.92 Å². The van der Waals surface area contributed by atoms with Crippen molar-refractivity contribution in [1.29, 1.82) is 0 Å². The third-order valence-corrected chi connectivity index (χ3v) is 1.64. The Labute approximate surface area is 73.0 Å². The molecule has 0 spiro atoms. The van der Waals surface area contributed by atoms with Crippen LogP contribution >= 0.6 is 0 Å². The maximum absolute atomic E-state index is 3.97. The summed E-state index contributed by atoms with van der Waals surface area (Å²) < 4.78 is 1.89. The Hall–Kier alpha value is -0.930. The van der Waals surface area contributed by atoms with Gasteiger partial charge < -0.3 is 0 Å². The van der Waals surface area contributed by atoms with Crippen LogP contribution in [0, 0.1) is 0 Å². The first kappa shape index (κ1) is 9.16. The number of aromatic nitrogens is 4. The van der Waals surface area contributed by atoms with E-state index in [0.717, 1.165) is 18.7 Å². The van der Waals surface area contributed by atoms with Crippen molar-refractivity contribution >= 4 is 0 Å². The van der Waals surface area contributed by atoms with Crippen molar-refractivity contribution in [2.24, 2.45) is 0 Å². The van der Waals surface area contributed by atoms with Crippen LogP contribution in [0.2, 0.25) is 0 Å². The van der Waals surface area contributed by atoms with E-state index in [0.29, 0.717) is 0 Å². The molecule has 0 atom stereocenters. The molecule has 0 radical (unpaired) electrons. The molecule has 1 heterocycles. The van der Waals surface area contributed by atoms with Crippen LogP contribution in [0.1, 0.15) is 39.9 Å². The average molecular weight is 168 g/mol. The summed E-state index contributed by atoms with van der Waals surface area (Å²) in [4.78, 5) is 0. The summed E-state index contributed by atoms with van der Waals surface area (Å²) in [6.07, 6.45) is 2.03. The molecule has 1 rings (SSSR count). The Balaban J connectivity index is 2.91. The summed E-state index contributed by atoms with van der Waals surface area (Å²) in [5.41, 5.74) is -0.00595. The van der Waals surface area contributed by atoms with Gasteiger partial charge in [-0.05, 0) is 37.6 Å². The zero-order chi connectivity index (χ0) is 9.19. The summed E-state index contributed by atoms with van der Waals surface area (Å²) >= 11 is 0. The Morgan fingerprint density at radius 3 is 2.50 bits per heavy atom. The monoisotopic (exact) mass is 168 g/mol. The molecule has 12 heavy (non-hydrogen) atoms. The van der Waals surface area contributed by atoms with Gasteiger partial charge >= 0.3 is 0 Å². The largest absolute Gasteiger partial charge is 0.224 e. The van der Waals surface area contributed by atoms with E-state index < -0.39 is 0 Å². The lowest BCUT2D eigenvalue weighted by Crippen LogP contribution is -2.25. The van der Waals surface area contributed by atoms with Crippen molar-refractivity contribution in [3.05, 3.63) is 5.82 Å². The number of tetrazole rings is 1. The first-order chi connectivity index (χ1) is 5.55. The number of hydrogen-bond donors (Lipinski definition) is 0. The van der Waals surface area contributed by atoms with Crippen molar-refractivity contribution in [3.63, 3.8) is 0 Å². The van der Waals surface area contributed by atoms with E-state index in [1.807, 2.05) is 4.68 Å². The van der Waals surface area contributed by atoms with Gasteiger partial charge in [0, 0.05) is 6.42 Å². The molecule has 0 aromatic carbocycles. The fraction of sp³-hybridized carbons (Fsp3) is 0.875. The Morgan fingerprint density at radius 2 is 2.00 bits per heavy atom. The molecule has 1 aromatic heterocycles. The zero-order valence-electron chi connectivity index (χ0n) is 8.20. The molecule has 0 N–H and O–H groups in total. The molecule has 1 aromatic rings. The van der Waals surface area contributed by atoms with Gasteiger partial charge in [-0.2, -0.15) is 0 Å². The van der Waals surface area contributed by atoms with Gasteiger partial charge in [0.25, 0.3) is 0 Å². The number of aryl methyl sites for hydroxylation is 1. The van der Waals surface area contributed by atoms with Crippen LogP contribution in [0.5, 0.6) is 0 Å². The van der Waals surface area contributed by atoms with E-state index in [1.165, 1.54) is 0 Å². The number of nitrogens with zero attached hydrogens (tertiary/aromatic N) is 4. The molecule has 0 amide bonds. The molecule has 68 valence electrons. The maximum Gasteiger partial charge on any atom is 0.151 e. The van der Waals surface area contributed by atoms with Crippen molar-refractivity contribution in [1.82, 2.24) is 20.2 Å². The van der Waals surface area contributed by atoms with Crippen LogP contribution < -0.4 is 0 Å². The van der Waals surface area contributed by atoms with E-state index in [9.17, 15) is 0 Å². The van der Waals surface area contributed by atoms with E-state index in [2.05, 4.69) is 43.2 Å². The first-order valence-corrected chi connectivity index (χ1v) is 4.33. The van der Waals surface area contributed by atoms with E-state index in [-0.39, 0.29) is 5.54 Å². The van der Waals surface area contributed by atoms with Gasteiger partial charge in [-0.25, -0.2) is 4.68 Å². The molecule has 0 aliphatic rings. The Kier molecular flexibility index (Phi) is 2.45. The summed E-state index contributed by atoms with van der Waals surface area (Å²) in [6, 6.07) is 0. The molecule has 0 bridgehead atoms. The quantitative estimate of drug-likeness (QED) is 0.670. The van der Waals surface area contributed by atoms with Gasteiger partial charge in [0.1, 0.15) is 0 Å². The van der Waals surface area contributed by atoms with Gasteiger partial charge in [0.05, 0.1) is 5.54 Å². The highest BCUT2D eigenvalue weighted by Crippen LogP contribution is 2.13. The summed E-state index contributed by atoms with van der Waals surface area (Å²) in [5.74, 6) is 0.977. The molecule has 0 fully saturated rings. The second-order valence-electron chi connectivity index (χ2n) is 3.93. The maximum atomic E-state index is 3.97. The minimum absolute atomic E-state index is 0.00595. The van der Waals surface area contributed by atoms with E-state index >= 15 is 0 Å². The van der Waals surface area contributed by atoms with Crippen molar-refractivity contribution < 1.29 is 0 Å². The predicted molar refractivity (Wildman–Crippen MR) is 46.8 cm³/mol. The third kappa shape index (κ3) is 1.81. The third-order valence-electron chi connectivity index (χ3n) is 1.64. The fourth-order valence-electron chi connectivity index (χ4n) is 1.11. The Morgan fingerprint density at radius 1 is 1.33 bits per heavy atom. The highest BCUT2D eigenvalue weighted by Gasteiger charge is 2.18. The lowest BCUT2D eigenvalue weighted by atomic mass is 10.1. The Bertz CT molecular complexity index is 246. The predicted octanol–water partition coefficient (Wildman–Crippen LogP) is 1.38. The lowest BCUT2D eigenvalue weighted by Gasteiger charge is -2.19. The van der Waals surface area contributed by atoms with Crippen molar-refractivity contribution in [2.75, 3.05) is 0 Å². The molecule has 0 aliphatic heterocycles. The molecule has 0 aliphatic carbocycles. The van der Waals surface area contributed by atoms with Gasteiger partial charge in [0.2, 0.25) is 0 Å². The lowest BCUT2D eigenvalue weighted by molar-refractivity contribution is 0.334. The fourth-order valence-corrected chi connectivity index (χ4v) is 1.11. The minimum atomic E-state index is -0.00595. The number of hydrogen-bond acceptors (Lipinski definition) is 3. The molecule has 4 nitrogen and oxygen atoms in total. The molecule has 0 saturated carbocycles. The average Bonchev–Trinajstić information content (AvgIpc) is 2.34. The molecular formula is C8H16N4. The minimum Gasteiger partial charge on any atom is -0.224 e. The van der Waals surface area contributed by atoms with Crippen LogP contribution in [0.25, 0.3) is 0 Å².